The number of amides is 8. The SMILES string of the molecule is CO.COC(=O)C1CCN(C(=O)CNC(=O)c2ccccc2)CC1.COC(=O)C1CCNCC1.COc1ccc(-c2nnc(C3CCN(C(=O)CNC(=O)c4ccccc4)CC3)o2)cc1OC.COc1ccc(C(C)=N)cc1OC.COc1ccc(C(C)=N)cc1OC.NN.NNC(=O)C1CCN(C(=O)CNC(=O)c2ccccc2)CC1.O=C(O)CNC(=O)c1ccccc1.[C-]#[N+]c1ccc(OC)c(OC)c1. The van der Waals surface area contributed by atoms with Gasteiger partial charge in [-0.3, -0.25) is 69.9 Å². The van der Waals surface area contributed by atoms with Crippen molar-refractivity contribution >= 4 is 82.3 Å². The number of hydrogen-bond acceptors (Lipinski definition) is 31. The van der Waals surface area contributed by atoms with Crippen molar-refractivity contribution in [1.82, 2.24) is 56.9 Å². The van der Waals surface area contributed by atoms with E-state index in [2.05, 4.69) is 63.5 Å². The summed E-state index contributed by atoms with van der Waals surface area (Å²) in [5.74, 6) is 16.1. The van der Waals surface area contributed by atoms with Gasteiger partial charge in [-0.15, -0.1) is 10.2 Å². The summed E-state index contributed by atoms with van der Waals surface area (Å²) in [4.78, 5) is 136. The Kier molecular flexibility index (Phi) is 55.5. The number of esters is 2. The summed E-state index contributed by atoms with van der Waals surface area (Å²) in [7, 11) is 16.4. The number of carboxylic acid groups (broad SMARTS) is 1. The first-order valence-electron chi connectivity index (χ1n) is 44.8. The maximum absolute atomic E-state index is 12.5. The van der Waals surface area contributed by atoms with Gasteiger partial charge in [0.15, 0.2) is 45.9 Å². The Balaban J connectivity index is 0.000000348. The number of carboxylic acids is 1. The molecule has 0 spiro atoms. The fourth-order valence-electron chi connectivity index (χ4n) is 13.9. The predicted octanol–water partition coefficient (Wildman–Crippen LogP) is 8.89. The van der Waals surface area contributed by atoms with Crippen molar-refractivity contribution in [2.24, 2.45) is 35.3 Å². The molecule has 5 heterocycles. The van der Waals surface area contributed by atoms with Crippen molar-refractivity contribution in [3.8, 4) is 57.5 Å². The second kappa shape index (κ2) is 66.6. The molecule has 16 N–H and O–H groups in total. The number of likely N-dealkylation sites (tertiary alicyclic amines) is 3. The zero-order chi connectivity index (χ0) is 105. The minimum absolute atomic E-state index is 0.0254. The first kappa shape index (κ1) is 118. The molecule has 4 aliphatic rings. The van der Waals surface area contributed by atoms with E-state index >= 15 is 0 Å². The Morgan fingerprint density at radius 1 is 0.408 bits per heavy atom. The number of aliphatic hydroxyl groups excluding tert-OH is 1. The molecule has 0 unspecified atom stereocenters. The Morgan fingerprint density at radius 2 is 0.718 bits per heavy atom. The van der Waals surface area contributed by atoms with Crippen molar-refractivity contribution < 1.29 is 115 Å². The molecule has 764 valence electrons. The van der Waals surface area contributed by atoms with E-state index in [-0.39, 0.29) is 109 Å². The zero-order valence-electron chi connectivity index (χ0n) is 82.2. The van der Waals surface area contributed by atoms with Gasteiger partial charge < -0.3 is 114 Å². The van der Waals surface area contributed by atoms with Crippen LogP contribution in [-0.2, 0) is 43.0 Å². The van der Waals surface area contributed by atoms with Gasteiger partial charge in [0.25, 0.3) is 23.6 Å². The maximum Gasteiger partial charge on any atom is 0.322 e. The Bertz CT molecular complexity index is 5310. The lowest BCUT2D eigenvalue weighted by Gasteiger charge is -2.31. The number of hydrazine groups is 2. The van der Waals surface area contributed by atoms with Gasteiger partial charge in [0, 0.05) is 97.5 Å². The van der Waals surface area contributed by atoms with E-state index in [9.17, 15) is 52.7 Å². The van der Waals surface area contributed by atoms with Crippen LogP contribution in [0.3, 0.4) is 0 Å². The summed E-state index contributed by atoms with van der Waals surface area (Å²) in [6, 6.07) is 56.1. The van der Waals surface area contributed by atoms with E-state index in [1.54, 1.807) is 243 Å². The first-order chi connectivity index (χ1) is 68.5. The molecule has 142 heavy (non-hydrogen) atoms. The number of benzene rings is 8. The number of carbonyl (C=O) groups excluding carboxylic acids is 10. The molecular formula is C101H131N17O24. The summed E-state index contributed by atoms with van der Waals surface area (Å²) >= 11 is 0. The first-order valence-corrected chi connectivity index (χ1v) is 44.8. The van der Waals surface area contributed by atoms with E-state index in [1.807, 2.05) is 36.4 Å². The number of ether oxygens (including phenoxy) is 10. The fourth-order valence-corrected chi connectivity index (χ4v) is 13.9. The van der Waals surface area contributed by atoms with Crippen molar-refractivity contribution in [3.63, 3.8) is 0 Å². The second-order valence-corrected chi connectivity index (χ2v) is 30.7. The summed E-state index contributed by atoms with van der Waals surface area (Å²) in [6.45, 7) is 14.8. The second-order valence-electron chi connectivity index (χ2n) is 30.7. The van der Waals surface area contributed by atoms with E-state index in [0.717, 1.165) is 49.7 Å². The number of hydrogen-bond donors (Lipinski definition) is 13. The molecule has 8 amide bonds. The highest BCUT2D eigenvalue weighted by Crippen LogP contribution is 2.36. The van der Waals surface area contributed by atoms with E-state index in [1.165, 1.54) is 14.2 Å². The van der Waals surface area contributed by atoms with Crippen molar-refractivity contribution in [3.05, 3.63) is 245 Å². The average molecular weight is 1970 g/mol. The van der Waals surface area contributed by atoms with Crippen molar-refractivity contribution in [1.29, 1.82) is 10.8 Å². The Labute approximate surface area is 826 Å². The van der Waals surface area contributed by atoms with E-state index < -0.39 is 5.97 Å². The molecule has 8 aromatic carbocycles. The van der Waals surface area contributed by atoms with Gasteiger partial charge in [0.1, 0.15) is 12.3 Å². The van der Waals surface area contributed by atoms with Gasteiger partial charge in [-0.25, -0.2) is 10.7 Å². The third-order valence-corrected chi connectivity index (χ3v) is 21.8. The highest BCUT2D eigenvalue weighted by molar-refractivity contribution is 6.00. The lowest BCUT2D eigenvalue weighted by atomic mass is 9.96. The molecule has 0 atom stereocenters. The van der Waals surface area contributed by atoms with Crippen LogP contribution in [0.5, 0.6) is 46.0 Å². The van der Waals surface area contributed by atoms with Gasteiger partial charge >= 0.3 is 17.9 Å². The summed E-state index contributed by atoms with van der Waals surface area (Å²) in [5.41, 5.74) is 8.19. The number of rotatable bonds is 27. The monoisotopic (exact) mass is 1970 g/mol. The molecular weight excluding hydrogens is 1840 g/mol. The molecule has 1 aromatic heterocycles. The molecule has 0 saturated carbocycles. The molecule has 13 rings (SSSR count). The van der Waals surface area contributed by atoms with Crippen LogP contribution in [-0.4, -0.2) is 268 Å². The summed E-state index contributed by atoms with van der Waals surface area (Å²) < 4.78 is 56.2. The number of methoxy groups -OCH3 is 10. The topological polar surface area (TPSA) is 571 Å². The van der Waals surface area contributed by atoms with Crippen molar-refractivity contribution in [2.75, 3.05) is 157 Å². The highest BCUT2D eigenvalue weighted by Gasteiger charge is 2.32. The van der Waals surface area contributed by atoms with Gasteiger partial charge in [0.05, 0.1) is 109 Å². The van der Waals surface area contributed by atoms with Crippen LogP contribution in [0.25, 0.3) is 16.3 Å². The number of nitrogens with zero attached hydrogens (tertiary/aromatic N) is 6. The lowest BCUT2D eigenvalue weighted by Crippen LogP contribution is -2.47. The average Bonchev–Trinajstić information content (AvgIpc) is 1.75. The third-order valence-electron chi connectivity index (χ3n) is 21.8. The summed E-state index contributed by atoms with van der Waals surface area (Å²) in [5, 5.41) is 51.9. The molecule has 41 heteroatoms. The van der Waals surface area contributed by atoms with Gasteiger partial charge in [0.2, 0.25) is 35.4 Å². The molecule has 41 nitrogen and oxygen atoms in total. The van der Waals surface area contributed by atoms with Crippen LogP contribution in [0.2, 0.25) is 0 Å². The highest BCUT2D eigenvalue weighted by atomic mass is 16.5. The van der Waals surface area contributed by atoms with Crippen LogP contribution in [0.4, 0.5) is 5.69 Å². The Morgan fingerprint density at radius 3 is 1.04 bits per heavy atom. The number of nitrogens with two attached hydrogens (primary N) is 3. The van der Waals surface area contributed by atoms with E-state index in [0.29, 0.717) is 175 Å². The van der Waals surface area contributed by atoms with Gasteiger partial charge in [-0.2, -0.15) is 0 Å². The number of aliphatic hydroxyl groups is 1. The molecule has 0 bridgehead atoms. The summed E-state index contributed by atoms with van der Waals surface area (Å²) in [6.07, 6.45) is 5.65. The normalized spacial score (nSPS) is 12.8. The molecule has 4 fully saturated rings. The fraction of sp³-hybridized carbons (Fsp3) is 0.366. The maximum atomic E-state index is 12.5. The number of piperidine rings is 4. The number of carbonyl (C=O) groups is 11. The molecule has 4 saturated heterocycles. The number of aliphatic carboxylic acids is 1. The molecule has 4 aliphatic heterocycles. The van der Waals surface area contributed by atoms with Crippen LogP contribution in [0.1, 0.15) is 130 Å². The minimum Gasteiger partial charge on any atom is -0.494 e. The molecule has 0 radical (unpaired) electrons. The van der Waals surface area contributed by atoms with Crippen LogP contribution in [0, 0.1) is 35.1 Å². The van der Waals surface area contributed by atoms with Crippen LogP contribution >= 0.6 is 0 Å². The number of nitrogens with one attached hydrogen (secondary N) is 8. The molecule has 0 aliphatic carbocycles. The smallest absolute Gasteiger partial charge is 0.322 e. The largest absolute Gasteiger partial charge is 0.494 e. The predicted molar refractivity (Wildman–Crippen MR) is 531 cm³/mol. The zero-order valence-corrected chi connectivity index (χ0v) is 82.2. The lowest BCUT2D eigenvalue weighted by molar-refractivity contribution is -0.148. The standard InChI is InChI=1S/C24H26N4O5.C16H20N2O4.C15H20N4O3.2C10H13NO2.C9H9NO3.C9H9NO2.C7H13NO2.CH4O.H4N2/c1-31-19-9-8-18(14-20(19)32-2)24-27-26-23(33-24)17-10-12-28(13-11-17)21(29)15-25-22(30)16-6-4-3-5-7-16;1-22-16(21)13-7-9-18(10-8-13)14(19)11-17-15(20)12-5-3-2-4-6-12;16-18-15(22)12-6-8-19(9-7-12)13(20)10-17-14(21)11-4-2-1-3-5-11;2*1-7(11)8-4-5-9(12-2)10(6-8)13-3;11-8(12)6-10-9(13)7-4-2-1-3-5-7;1-10-7-4-5-8(11-2)9(6-7)12-3;1-10-7(9)6-2-4-8-5-3-6;2*1-2/h3-9,14,17H,10-13,15H2,1-2H3,(H,25,30);2-6,13H,7-11H2,1H3,(H,17,20);1-5,12H,6-10,16H2,(H,17,21)(H,18,22);2*4-6,11H,1-3H3;1-5H,6H2,(H,10,13)(H,11,12);4-6H,2-3H3;6,8H,2-5H2,1H3;2H,1H3;1-2H2. The van der Waals surface area contributed by atoms with Crippen LogP contribution < -0.4 is 87.4 Å². The molecule has 9 aromatic rings. The quantitative estimate of drug-likeness (QED) is 0.00570. The number of aromatic nitrogens is 2. The van der Waals surface area contributed by atoms with Gasteiger partial charge in [-0.05, 0) is 205 Å². The third kappa shape index (κ3) is 40.6. The van der Waals surface area contributed by atoms with Crippen LogP contribution in [0.15, 0.2) is 199 Å². The van der Waals surface area contributed by atoms with Crippen molar-refractivity contribution in [2.45, 2.75) is 71.1 Å². The van der Waals surface area contributed by atoms with Gasteiger partial charge in [-0.1, -0.05) is 78.9 Å². The Hall–Kier alpha value is -15.9. The minimum atomic E-state index is -1.05. The van der Waals surface area contributed by atoms with E-state index in [4.69, 9.17) is 80.5 Å².